The van der Waals surface area contributed by atoms with E-state index in [-0.39, 0.29) is 5.41 Å². The fraction of sp³-hybridized carbons (Fsp3) is 1.00. The Morgan fingerprint density at radius 1 is 1.43 bits per heavy atom. The van der Waals surface area contributed by atoms with Crippen LogP contribution in [0.3, 0.4) is 0 Å². The van der Waals surface area contributed by atoms with Gasteiger partial charge >= 0.3 is 0 Å². The van der Waals surface area contributed by atoms with Gasteiger partial charge in [0.05, 0.1) is 0 Å². The maximum absolute atomic E-state index is 9.12. The summed E-state index contributed by atoms with van der Waals surface area (Å²) in [5.74, 6) is 1.20. The van der Waals surface area contributed by atoms with Crippen molar-refractivity contribution in [1.82, 2.24) is 5.32 Å². The van der Waals surface area contributed by atoms with Gasteiger partial charge in [-0.1, -0.05) is 13.8 Å². The van der Waals surface area contributed by atoms with E-state index in [1.165, 1.54) is 12.8 Å². The van der Waals surface area contributed by atoms with Gasteiger partial charge in [0.1, 0.15) is 0 Å². The highest BCUT2D eigenvalue weighted by Crippen LogP contribution is 2.44. The van der Waals surface area contributed by atoms with Crippen LogP contribution >= 0.6 is 0 Å². The second-order valence-electron chi connectivity index (χ2n) is 5.03. The van der Waals surface area contributed by atoms with Crippen molar-refractivity contribution in [3.05, 3.63) is 0 Å². The van der Waals surface area contributed by atoms with E-state index >= 15 is 0 Å². The molecule has 1 saturated carbocycles. The molecule has 0 aromatic rings. The van der Waals surface area contributed by atoms with Crippen LogP contribution in [0.5, 0.6) is 0 Å². The second kappa shape index (κ2) is 5.10. The fourth-order valence-electron chi connectivity index (χ4n) is 1.68. The molecule has 1 aliphatic carbocycles. The van der Waals surface area contributed by atoms with Crippen molar-refractivity contribution >= 4 is 0 Å². The Balaban J connectivity index is 2.13. The predicted octanol–water partition coefficient (Wildman–Crippen LogP) is 0.579. The van der Waals surface area contributed by atoms with Crippen LogP contribution in [0.25, 0.3) is 0 Å². The molecule has 0 heterocycles. The first-order chi connectivity index (χ1) is 6.63. The molecule has 0 spiro atoms. The van der Waals surface area contributed by atoms with E-state index in [1.54, 1.807) is 0 Å². The molecule has 1 aliphatic rings. The normalized spacial score (nSPS) is 21.2. The minimum Gasteiger partial charge on any atom is -0.396 e. The van der Waals surface area contributed by atoms with E-state index in [0.717, 1.165) is 19.6 Å². The molecule has 1 rings (SSSR count). The number of hydrogen-bond donors (Lipinski definition) is 3. The number of aliphatic hydroxyl groups is 1. The van der Waals surface area contributed by atoms with E-state index in [2.05, 4.69) is 19.2 Å². The van der Waals surface area contributed by atoms with Gasteiger partial charge in [0, 0.05) is 18.6 Å². The number of hydrogen-bond acceptors (Lipinski definition) is 3. The average molecular weight is 200 g/mol. The lowest BCUT2D eigenvalue weighted by Gasteiger charge is -2.21. The monoisotopic (exact) mass is 200 g/mol. The van der Waals surface area contributed by atoms with Gasteiger partial charge < -0.3 is 16.2 Å². The zero-order chi connectivity index (χ0) is 10.6. The van der Waals surface area contributed by atoms with E-state index in [4.69, 9.17) is 10.8 Å². The number of aliphatic hydroxyl groups excluding tert-OH is 1. The van der Waals surface area contributed by atoms with Crippen molar-refractivity contribution in [2.75, 3.05) is 26.2 Å². The molecule has 84 valence electrons. The summed E-state index contributed by atoms with van der Waals surface area (Å²) in [5, 5.41) is 12.6. The summed E-state index contributed by atoms with van der Waals surface area (Å²) in [4.78, 5) is 0. The largest absolute Gasteiger partial charge is 0.396 e. The third-order valence-electron chi connectivity index (χ3n) is 3.44. The van der Waals surface area contributed by atoms with E-state index < -0.39 is 0 Å². The average Bonchev–Trinajstić information content (AvgIpc) is 2.93. The quantitative estimate of drug-likeness (QED) is 0.563. The molecule has 1 unspecified atom stereocenters. The lowest BCUT2D eigenvalue weighted by atomic mass is 9.96. The van der Waals surface area contributed by atoms with Crippen molar-refractivity contribution in [3.63, 3.8) is 0 Å². The molecular formula is C11H24N2O. The zero-order valence-corrected chi connectivity index (χ0v) is 9.42. The molecule has 0 saturated heterocycles. The summed E-state index contributed by atoms with van der Waals surface area (Å²) in [6, 6.07) is 0. The molecule has 3 nitrogen and oxygen atoms in total. The van der Waals surface area contributed by atoms with Crippen LogP contribution < -0.4 is 11.1 Å². The summed E-state index contributed by atoms with van der Waals surface area (Å²) >= 11 is 0. The van der Waals surface area contributed by atoms with Gasteiger partial charge in [-0.3, -0.25) is 0 Å². The molecule has 14 heavy (non-hydrogen) atoms. The molecular weight excluding hydrogens is 176 g/mol. The fourth-order valence-corrected chi connectivity index (χ4v) is 1.68. The first-order valence-corrected chi connectivity index (χ1v) is 5.65. The van der Waals surface area contributed by atoms with Crippen LogP contribution in [0, 0.1) is 17.3 Å². The molecule has 0 radical (unpaired) electrons. The molecule has 0 aliphatic heterocycles. The summed E-state index contributed by atoms with van der Waals surface area (Å²) in [6.07, 6.45) is 2.34. The molecule has 4 N–H and O–H groups in total. The minimum absolute atomic E-state index is 0.218. The van der Waals surface area contributed by atoms with E-state index in [1.807, 2.05) is 0 Å². The van der Waals surface area contributed by atoms with Crippen molar-refractivity contribution < 1.29 is 5.11 Å². The number of nitrogens with two attached hydrogens (primary N) is 1. The highest BCUT2D eigenvalue weighted by molar-refractivity contribution is 4.94. The van der Waals surface area contributed by atoms with Crippen molar-refractivity contribution in [1.29, 1.82) is 0 Å². The Hall–Kier alpha value is -0.120. The Morgan fingerprint density at radius 3 is 2.43 bits per heavy atom. The lowest BCUT2D eigenvalue weighted by molar-refractivity contribution is 0.204. The topological polar surface area (TPSA) is 58.3 Å². The maximum atomic E-state index is 9.12. The molecule has 0 amide bonds. The number of rotatable bonds is 7. The minimum atomic E-state index is 0.218. The number of nitrogens with one attached hydrogen (secondary N) is 1. The SMILES string of the molecule is CC(C)C(CN)CNCC1(CO)CC1. The van der Waals surface area contributed by atoms with E-state index in [0.29, 0.717) is 18.4 Å². The van der Waals surface area contributed by atoms with Crippen LogP contribution in [-0.4, -0.2) is 31.3 Å². The summed E-state index contributed by atoms with van der Waals surface area (Å²) in [6.45, 7) is 7.42. The van der Waals surface area contributed by atoms with Crippen LogP contribution in [-0.2, 0) is 0 Å². The van der Waals surface area contributed by atoms with Gasteiger partial charge in [0.2, 0.25) is 0 Å². The van der Waals surface area contributed by atoms with Gasteiger partial charge in [0.25, 0.3) is 0 Å². The first kappa shape index (κ1) is 12.0. The molecule has 0 aromatic heterocycles. The lowest BCUT2D eigenvalue weighted by Crippen LogP contribution is -2.35. The Labute approximate surface area is 87.1 Å². The Morgan fingerprint density at radius 2 is 2.07 bits per heavy atom. The second-order valence-corrected chi connectivity index (χ2v) is 5.03. The van der Waals surface area contributed by atoms with Crippen LogP contribution in [0.1, 0.15) is 26.7 Å². The molecule has 1 fully saturated rings. The van der Waals surface area contributed by atoms with Crippen LogP contribution in [0.4, 0.5) is 0 Å². The highest BCUT2D eigenvalue weighted by atomic mass is 16.3. The van der Waals surface area contributed by atoms with Gasteiger partial charge in [-0.2, -0.15) is 0 Å². The van der Waals surface area contributed by atoms with Crippen LogP contribution in [0.15, 0.2) is 0 Å². The molecule has 0 aromatic carbocycles. The smallest absolute Gasteiger partial charge is 0.0499 e. The van der Waals surface area contributed by atoms with Crippen molar-refractivity contribution in [3.8, 4) is 0 Å². The molecule has 3 heteroatoms. The zero-order valence-electron chi connectivity index (χ0n) is 9.42. The highest BCUT2D eigenvalue weighted by Gasteiger charge is 2.41. The van der Waals surface area contributed by atoms with E-state index in [9.17, 15) is 0 Å². The summed E-state index contributed by atoms with van der Waals surface area (Å²) in [5.41, 5.74) is 5.90. The Bertz CT molecular complexity index is 167. The first-order valence-electron chi connectivity index (χ1n) is 5.65. The van der Waals surface area contributed by atoms with Gasteiger partial charge in [-0.15, -0.1) is 0 Å². The van der Waals surface area contributed by atoms with Crippen molar-refractivity contribution in [2.24, 2.45) is 23.0 Å². The maximum Gasteiger partial charge on any atom is 0.0499 e. The standard InChI is InChI=1S/C11H24N2O/c1-9(2)10(5-12)6-13-7-11(8-14)3-4-11/h9-10,13-14H,3-8,12H2,1-2H3. The van der Waals surface area contributed by atoms with Gasteiger partial charge in [-0.25, -0.2) is 0 Å². The van der Waals surface area contributed by atoms with Gasteiger partial charge in [-0.05, 0) is 37.8 Å². The van der Waals surface area contributed by atoms with Crippen LogP contribution in [0.2, 0.25) is 0 Å². The van der Waals surface area contributed by atoms with Gasteiger partial charge in [0.15, 0.2) is 0 Å². The third kappa shape index (κ3) is 3.23. The Kier molecular flexibility index (Phi) is 4.35. The summed E-state index contributed by atoms with van der Waals surface area (Å²) < 4.78 is 0. The molecule has 1 atom stereocenters. The third-order valence-corrected chi connectivity index (χ3v) is 3.44. The summed E-state index contributed by atoms with van der Waals surface area (Å²) in [7, 11) is 0. The van der Waals surface area contributed by atoms with Crippen molar-refractivity contribution in [2.45, 2.75) is 26.7 Å². The predicted molar refractivity (Wildman–Crippen MR) is 59.0 cm³/mol. The molecule has 0 bridgehead atoms.